The Morgan fingerprint density at radius 2 is 2.17 bits per heavy atom. The molecule has 2 heterocycles. The van der Waals surface area contributed by atoms with Gasteiger partial charge >= 0.3 is 0 Å². The van der Waals surface area contributed by atoms with Crippen LogP contribution in [0.5, 0.6) is 5.75 Å². The maximum atomic E-state index is 12.6. The SMILES string of the molecule is CC(C)N(C)c1cnn([C@@H]2CCCN(C(=O)COc3cccc(Cl)c3)C2)c(=O)c1. The second-order valence-corrected chi connectivity index (χ2v) is 8.02. The van der Waals surface area contributed by atoms with Crippen LogP contribution in [-0.4, -0.2) is 53.4 Å². The molecule has 0 spiro atoms. The molecule has 29 heavy (non-hydrogen) atoms. The fraction of sp³-hybridized carbons (Fsp3) is 0.476. The molecule has 156 valence electrons. The van der Waals surface area contributed by atoms with E-state index in [2.05, 4.69) is 18.9 Å². The third-order valence-corrected chi connectivity index (χ3v) is 5.48. The highest BCUT2D eigenvalue weighted by atomic mass is 35.5. The number of hydrogen-bond acceptors (Lipinski definition) is 5. The van der Waals surface area contributed by atoms with Crippen LogP contribution in [0.3, 0.4) is 0 Å². The summed E-state index contributed by atoms with van der Waals surface area (Å²) in [6, 6.07) is 8.71. The summed E-state index contributed by atoms with van der Waals surface area (Å²) in [6.07, 6.45) is 3.34. The van der Waals surface area contributed by atoms with Crippen LogP contribution in [0, 0.1) is 0 Å². The van der Waals surface area contributed by atoms with Crippen molar-refractivity contribution in [3.05, 3.63) is 51.9 Å². The van der Waals surface area contributed by atoms with Crippen LogP contribution in [0.15, 0.2) is 41.3 Å². The van der Waals surface area contributed by atoms with E-state index in [1.165, 1.54) is 4.68 Å². The molecular weight excluding hydrogens is 392 g/mol. The summed E-state index contributed by atoms with van der Waals surface area (Å²) in [5.41, 5.74) is 0.643. The first-order chi connectivity index (χ1) is 13.8. The predicted molar refractivity (Wildman–Crippen MR) is 114 cm³/mol. The van der Waals surface area contributed by atoms with Gasteiger partial charge in [-0.3, -0.25) is 9.59 Å². The number of carbonyl (C=O) groups is 1. The molecule has 1 aromatic heterocycles. The number of amides is 1. The molecule has 0 saturated carbocycles. The van der Waals surface area contributed by atoms with Gasteiger partial charge in [-0.1, -0.05) is 17.7 Å². The van der Waals surface area contributed by atoms with E-state index in [1.807, 2.05) is 11.9 Å². The Balaban J connectivity index is 1.64. The van der Waals surface area contributed by atoms with E-state index in [9.17, 15) is 9.59 Å². The first kappa shape index (κ1) is 21.2. The summed E-state index contributed by atoms with van der Waals surface area (Å²) in [4.78, 5) is 28.9. The first-order valence-electron chi connectivity index (χ1n) is 9.83. The quantitative estimate of drug-likeness (QED) is 0.721. The van der Waals surface area contributed by atoms with Crippen LogP contribution in [0.4, 0.5) is 5.69 Å². The molecule has 0 radical (unpaired) electrons. The largest absolute Gasteiger partial charge is 0.484 e. The standard InChI is InChI=1S/C21H27ClN4O3/c1-15(2)24(3)18-11-20(27)26(23-12-18)17-7-5-9-25(13-17)21(28)14-29-19-8-4-6-16(22)10-19/h4,6,8,10-12,15,17H,5,7,9,13-14H2,1-3H3/t17-/m1/s1. The normalized spacial score (nSPS) is 16.7. The van der Waals surface area contributed by atoms with E-state index >= 15 is 0 Å². The van der Waals surface area contributed by atoms with Crippen molar-refractivity contribution in [1.82, 2.24) is 14.7 Å². The van der Waals surface area contributed by atoms with Crippen LogP contribution in [0.25, 0.3) is 0 Å². The molecule has 1 aliphatic rings. The third-order valence-electron chi connectivity index (χ3n) is 5.25. The summed E-state index contributed by atoms with van der Waals surface area (Å²) in [6.45, 7) is 5.15. The lowest BCUT2D eigenvalue weighted by Crippen LogP contribution is -2.45. The topological polar surface area (TPSA) is 67.7 Å². The number of anilines is 1. The number of ether oxygens (including phenoxy) is 1. The molecule has 8 heteroatoms. The van der Waals surface area contributed by atoms with Gasteiger partial charge in [0, 0.05) is 37.3 Å². The minimum Gasteiger partial charge on any atom is -0.484 e. The highest BCUT2D eigenvalue weighted by molar-refractivity contribution is 6.30. The number of nitrogens with zero attached hydrogens (tertiary/aromatic N) is 4. The second-order valence-electron chi connectivity index (χ2n) is 7.58. The maximum absolute atomic E-state index is 12.6. The number of rotatable bonds is 6. The van der Waals surface area contributed by atoms with Gasteiger partial charge < -0.3 is 14.5 Å². The van der Waals surface area contributed by atoms with Crippen molar-refractivity contribution in [3.63, 3.8) is 0 Å². The van der Waals surface area contributed by atoms with Gasteiger partial charge in [-0.05, 0) is 44.9 Å². The average molecular weight is 419 g/mol. The molecule has 1 saturated heterocycles. The fourth-order valence-corrected chi connectivity index (χ4v) is 3.53. The number of aromatic nitrogens is 2. The summed E-state index contributed by atoms with van der Waals surface area (Å²) < 4.78 is 7.06. The smallest absolute Gasteiger partial charge is 0.269 e. The molecule has 1 aromatic carbocycles. The highest BCUT2D eigenvalue weighted by Crippen LogP contribution is 2.21. The number of likely N-dealkylation sites (tertiary alicyclic amines) is 1. The van der Waals surface area contributed by atoms with Gasteiger partial charge in [0.2, 0.25) is 0 Å². The lowest BCUT2D eigenvalue weighted by Gasteiger charge is -2.33. The van der Waals surface area contributed by atoms with E-state index in [-0.39, 0.29) is 30.2 Å². The number of hydrogen-bond donors (Lipinski definition) is 0. The van der Waals surface area contributed by atoms with Crippen LogP contribution in [-0.2, 0) is 4.79 Å². The van der Waals surface area contributed by atoms with Gasteiger partial charge in [0.1, 0.15) is 5.75 Å². The number of carbonyl (C=O) groups excluding carboxylic acids is 1. The van der Waals surface area contributed by atoms with Crippen LogP contribution < -0.4 is 15.2 Å². The number of piperidine rings is 1. The van der Waals surface area contributed by atoms with Crippen LogP contribution >= 0.6 is 11.6 Å². The summed E-state index contributed by atoms with van der Waals surface area (Å²) in [5.74, 6) is 0.445. The van der Waals surface area contributed by atoms with Gasteiger partial charge in [0.25, 0.3) is 11.5 Å². The van der Waals surface area contributed by atoms with Gasteiger partial charge in [-0.15, -0.1) is 0 Å². The van der Waals surface area contributed by atoms with Crippen molar-refractivity contribution in [3.8, 4) is 5.75 Å². The number of halogens is 1. The Bertz CT molecular complexity index is 915. The molecule has 0 unspecified atom stereocenters. The van der Waals surface area contributed by atoms with Crippen LogP contribution in [0.1, 0.15) is 32.7 Å². The van der Waals surface area contributed by atoms with Crippen molar-refractivity contribution in [2.24, 2.45) is 0 Å². The van der Waals surface area contributed by atoms with Gasteiger partial charge in [-0.25, -0.2) is 4.68 Å². The first-order valence-corrected chi connectivity index (χ1v) is 10.2. The molecular formula is C21H27ClN4O3. The van der Waals surface area contributed by atoms with E-state index in [4.69, 9.17) is 16.3 Å². The van der Waals surface area contributed by atoms with Crippen LogP contribution in [0.2, 0.25) is 5.02 Å². The Morgan fingerprint density at radius 1 is 1.38 bits per heavy atom. The minimum atomic E-state index is -0.149. The summed E-state index contributed by atoms with van der Waals surface area (Å²) in [7, 11) is 1.94. The minimum absolute atomic E-state index is 0.0620. The zero-order chi connectivity index (χ0) is 21.0. The Hall–Kier alpha value is -2.54. The van der Waals surface area contributed by atoms with Crippen molar-refractivity contribution < 1.29 is 9.53 Å². The molecule has 1 fully saturated rings. The number of benzene rings is 1. The zero-order valence-corrected chi connectivity index (χ0v) is 17.8. The highest BCUT2D eigenvalue weighted by Gasteiger charge is 2.26. The van der Waals surface area contributed by atoms with Gasteiger partial charge in [0.05, 0.1) is 17.9 Å². The lowest BCUT2D eigenvalue weighted by atomic mass is 10.1. The maximum Gasteiger partial charge on any atom is 0.269 e. The van der Waals surface area contributed by atoms with Crippen molar-refractivity contribution >= 4 is 23.2 Å². The second kappa shape index (κ2) is 9.31. The van der Waals surface area contributed by atoms with Gasteiger partial charge in [0.15, 0.2) is 6.61 Å². The van der Waals surface area contributed by atoms with E-state index in [0.29, 0.717) is 23.9 Å². The fourth-order valence-electron chi connectivity index (χ4n) is 3.35. The Morgan fingerprint density at radius 3 is 2.86 bits per heavy atom. The molecule has 2 aromatic rings. The Labute approximate surface area is 175 Å². The summed E-state index contributed by atoms with van der Waals surface area (Å²) in [5, 5.41) is 4.94. The van der Waals surface area contributed by atoms with E-state index in [0.717, 1.165) is 18.5 Å². The lowest BCUT2D eigenvalue weighted by molar-refractivity contribution is -0.135. The molecule has 1 amide bonds. The Kier molecular flexibility index (Phi) is 6.79. The molecule has 0 bridgehead atoms. The van der Waals surface area contributed by atoms with Crippen molar-refractivity contribution in [2.75, 3.05) is 31.6 Å². The van der Waals surface area contributed by atoms with Crippen molar-refractivity contribution in [1.29, 1.82) is 0 Å². The van der Waals surface area contributed by atoms with E-state index < -0.39 is 0 Å². The molecule has 0 aliphatic carbocycles. The summed E-state index contributed by atoms with van der Waals surface area (Å²) >= 11 is 5.94. The molecule has 1 atom stereocenters. The molecule has 1 aliphatic heterocycles. The molecule has 3 rings (SSSR count). The van der Waals surface area contributed by atoms with Gasteiger partial charge in [-0.2, -0.15) is 5.10 Å². The predicted octanol–water partition coefficient (Wildman–Crippen LogP) is 2.98. The third kappa shape index (κ3) is 5.29. The zero-order valence-electron chi connectivity index (χ0n) is 17.0. The molecule has 0 N–H and O–H groups in total. The monoisotopic (exact) mass is 418 g/mol. The molecule has 7 nitrogen and oxygen atoms in total. The van der Waals surface area contributed by atoms with E-state index in [1.54, 1.807) is 41.4 Å². The average Bonchev–Trinajstić information content (AvgIpc) is 2.71. The van der Waals surface area contributed by atoms with Crippen molar-refractivity contribution in [2.45, 2.75) is 38.8 Å².